The predicted octanol–water partition coefficient (Wildman–Crippen LogP) is 2.17. The molecule has 5 atom stereocenters. The molecule has 1 amide bonds. The van der Waals surface area contributed by atoms with Crippen LogP contribution in [0.4, 0.5) is 5.69 Å². The van der Waals surface area contributed by atoms with Gasteiger partial charge in [0, 0.05) is 18.9 Å². The van der Waals surface area contributed by atoms with Gasteiger partial charge in [0.05, 0.1) is 24.0 Å². The van der Waals surface area contributed by atoms with E-state index in [1.54, 1.807) is 12.4 Å². The quantitative estimate of drug-likeness (QED) is 0.573. The number of aliphatic hydroxyl groups is 1. The molecule has 0 radical (unpaired) electrons. The van der Waals surface area contributed by atoms with E-state index in [-0.39, 0.29) is 35.7 Å². The Morgan fingerprint density at radius 2 is 2.03 bits per heavy atom. The lowest BCUT2D eigenvalue weighted by Crippen LogP contribution is -2.66. The maximum Gasteiger partial charge on any atom is 0.283 e. The number of hydrogen-bond acceptors (Lipinski definition) is 6. The number of rotatable bonds is 6. The molecule has 3 N–H and O–H groups in total. The molecule has 0 spiro atoms. The number of aliphatic hydroxyl groups excluding tert-OH is 1. The van der Waals surface area contributed by atoms with Gasteiger partial charge < -0.3 is 15.7 Å². The van der Waals surface area contributed by atoms with Gasteiger partial charge in [-0.2, -0.15) is 5.10 Å². The van der Waals surface area contributed by atoms with Crippen LogP contribution < -0.4 is 16.2 Å². The molecule has 3 aliphatic carbocycles. The topological polar surface area (TPSA) is 109 Å². The smallest absolute Gasteiger partial charge is 0.283 e. The van der Waals surface area contributed by atoms with Crippen LogP contribution in [0.2, 0.25) is 0 Å². The first-order valence-electron chi connectivity index (χ1n) is 10.6. The van der Waals surface area contributed by atoms with Crippen LogP contribution in [0.15, 0.2) is 40.0 Å². The first-order chi connectivity index (χ1) is 14.7. The standard InChI is InChI=1S/C22H28BrN5O3/c1-12-14-8-15(22(14,2)3)20(30)19(12)27-16-10-26-28(21(31)18(16)23)11-17(29)25-9-13-4-6-24-7-5-13/h4-7,10,12,14-15,19-20,27,30H,8-9,11H2,1-3H3,(H,25,29). The first-order valence-corrected chi connectivity index (χ1v) is 11.3. The Balaban J connectivity index is 1.42. The van der Waals surface area contributed by atoms with Crippen LogP contribution in [-0.4, -0.2) is 37.9 Å². The Labute approximate surface area is 189 Å². The minimum atomic E-state index is -0.483. The van der Waals surface area contributed by atoms with Gasteiger partial charge in [-0.3, -0.25) is 14.6 Å². The van der Waals surface area contributed by atoms with E-state index in [0.717, 1.165) is 16.7 Å². The summed E-state index contributed by atoms with van der Waals surface area (Å²) < 4.78 is 1.43. The SMILES string of the molecule is CC1C(Nc2cnn(CC(=O)NCc3ccncc3)c(=O)c2Br)C(O)C2CC1C2(C)C. The van der Waals surface area contributed by atoms with Crippen molar-refractivity contribution in [2.75, 3.05) is 5.32 Å². The number of anilines is 1. The molecule has 2 aromatic rings. The second-order valence-corrected chi connectivity index (χ2v) is 10.1. The van der Waals surface area contributed by atoms with Crippen molar-refractivity contribution >= 4 is 27.5 Å². The molecular weight excluding hydrogens is 462 g/mol. The number of carbonyl (C=O) groups is 1. The third-order valence-corrected chi connectivity index (χ3v) is 8.01. The van der Waals surface area contributed by atoms with E-state index >= 15 is 0 Å². The molecule has 5 unspecified atom stereocenters. The highest BCUT2D eigenvalue weighted by Gasteiger charge is 2.60. The molecule has 3 aliphatic rings. The van der Waals surface area contributed by atoms with Crippen LogP contribution >= 0.6 is 15.9 Å². The summed E-state index contributed by atoms with van der Waals surface area (Å²) in [5.74, 6) is 0.748. The van der Waals surface area contributed by atoms with Gasteiger partial charge in [0.1, 0.15) is 11.0 Å². The summed E-state index contributed by atoms with van der Waals surface area (Å²) in [6, 6.07) is 3.48. The van der Waals surface area contributed by atoms with Gasteiger partial charge in [-0.25, -0.2) is 4.68 Å². The lowest BCUT2D eigenvalue weighted by atomic mass is 9.43. The van der Waals surface area contributed by atoms with Crippen LogP contribution in [0.25, 0.3) is 0 Å². The molecule has 2 heterocycles. The second-order valence-electron chi connectivity index (χ2n) is 9.26. The first kappa shape index (κ1) is 22.0. The highest BCUT2D eigenvalue weighted by atomic mass is 79.9. The van der Waals surface area contributed by atoms with E-state index in [9.17, 15) is 14.7 Å². The van der Waals surface area contributed by atoms with Crippen LogP contribution in [0, 0.1) is 23.2 Å². The third-order valence-electron chi connectivity index (χ3n) is 7.24. The number of fused-ring (bicyclic) bond motifs is 2. The summed E-state index contributed by atoms with van der Waals surface area (Å²) >= 11 is 3.36. The normalized spacial score (nSPS) is 28.5. The maximum absolute atomic E-state index is 12.7. The molecule has 9 heteroatoms. The van der Waals surface area contributed by atoms with Crippen LogP contribution in [-0.2, 0) is 17.9 Å². The zero-order valence-corrected chi connectivity index (χ0v) is 19.5. The molecule has 3 fully saturated rings. The highest BCUT2D eigenvalue weighted by molar-refractivity contribution is 9.10. The van der Waals surface area contributed by atoms with Gasteiger partial charge in [-0.15, -0.1) is 0 Å². The number of halogens is 1. The fraction of sp³-hybridized carbons (Fsp3) is 0.545. The van der Waals surface area contributed by atoms with Crippen LogP contribution in [0.5, 0.6) is 0 Å². The lowest BCUT2D eigenvalue weighted by Gasteiger charge is -2.64. The molecule has 0 saturated heterocycles. The third kappa shape index (κ3) is 4.01. The van der Waals surface area contributed by atoms with Gasteiger partial charge in [0.25, 0.3) is 5.56 Å². The van der Waals surface area contributed by atoms with Crippen molar-refractivity contribution in [3.05, 3.63) is 51.1 Å². The molecular formula is C22H28BrN5O3. The Morgan fingerprint density at radius 1 is 1.32 bits per heavy atom. The zero-order chi connectivity index (χ0) is 22.3. The molecule has 2 aromatic heterocycles. The summed E-state index contributed by atoms with van der Waals surface area (Å²) in [4.78, 5) is 28.9. The van der Waals surface area contributed by atoms with Crippen molar-refractivity contribution in [3.8, 4) is 0 Å². The Kier molecular flexibility index (Phi) is 5.91. The van der Waals surface area contributed by atoms with E-state index < -0.39 is 11.7 Å². The van der Waals surface area contributed by atoms with Crippen LogP contribution in [0.3, 0.4) is 0 Å². The number of aromatic nitrogens is 3. The maximum atomic E-state index is 12.7. The molecule has 8 nitrogen and oxygen atoms in total. The second kappa shape index (κ2) is 8.35. The fourth-order valence-corrected chi connectivity index (χ4v) is 5.67. The van der Waals surface area contributed by atoms with Gasteiger partial charge in [0.2, 0.25) is 5.91 Å². The van der Waals surface area contributed by atoms with Crippen molar-refractivity contribution in [1.29, 1.82) is 0 Å². The summed E-state index contributed by atoms with van der Waals surface area (Å²) in [6.07, 6.45) is 5.41. The minimum absolute atomic E-state index is 0.138. The lowest BCUT2D eigenvalue weighted by molar-refractivity contribution is -0.173. The van der Waals surface area contributed by atoms with Gasteiger partial charge in [-0.05, 0) is 63.2 Å². The summed E-state index contributed by atoms with van der Waals surface area (Å²) in [5.41, 5.74) is 1.20. The predicted molar refractivity (Wildman–Crippen MR) is 120 cm³/mol. The number of carbonyl (C=O) groups excluding carboxylic acids is 1. The van der Waals surface area contributed by atoms with Crippen molar-refractivity contribution in [2.24, 2.45) is 23.2 Å². The Bertz CT molecular complexity index is 1010. The van der Waals surface area contributed by atoms with E-state index in [1.807, 2.05) is 12.1 Å². The van der Waals surface area contributed by atoms with Crippen molar-refractivity contribution in [1.82, 2.24) is 20.1 Å². The molecule has 5 rings (SSSR count). The Morgan fingerprint density at radius 3 is 2.68 bits per heavy atom. The molecule has 31 heavy (non-hydrogen) atoms. The number of nitrogens with one attached hydrogen (secondary N) is 2. The summed E-state index contributed by atoms with van der Waals surface area (Å²) in [6.45, 7) is 6.77. The number of pyridine rings is 1. The number of hydrogen-bond donors (Lipinski definition) is 3. The van der Waals surface area contributed by atoms with Crippen LogP contribution in [0.1, 0.15) is 32.8 Å². The monoisotopic (exact) mass is 489 g/mol. The van der Waals surface area contributed by atoms with E-state index in [2.05, 4.69) is 57.4 Å². The van der Waals surface area contributed by atoms with Gasteiger partial charge >= 0.3 is 0 Å². The highest BCUT2D eigenvalue weighted by Crippen LogP contribution is 2.61. The summed E-state index contributed by atoms with van der Waals surface area (Å²) in [7, 11) is 0. The van der Waals surface area contributed by atoms with Gasteiger partial charge in [-0.1, -0.05) is 20.8 Å². The zero-order valence-electron chi connectivity index (χ0n) is 17.9. The minimum Gasteiger partial charge on any atom is -0.391 e. The molecule has 3 saturated carbocycles. The number of nitrogens with zero attached hydrogens (tertiary/aromatic N) is 3. The van der Waals surface area contributed by atoms with Gasteiger partial charge in [0.15, 0.2) is 0 Å². The largest absolute Gasteiger partial charge is 0.391 e. The molecule has 2 bridgehead atoms. The van der Waals surface area contributed by atoms with Crippen molar-refractivity contribution in [3.63, 3.8) is 0 Å². The average Bonchev–Trinajstić information content (AvgIpc) is 2.74. The Hall–Kier alpha value is -2.26. The molecule has 0 aliphatic heterocycles. The fourth-order valence-electron chi connectivity index (χ4n) is 5.25. The van der Waals surface area contributed by atoms with Crippen molar-refractivity contribution < 1.29 is 9.90 Å². The van der Waals surface area contributed by atoms with E-state index in [4.69, 9.17) is 0 Å². The van der Waals surface area contributed by atoms with Crippen molar-refractivity contribution in [2.45, 2.75) is 52.4 Å². The molecule has 0 aromatic carbocycles. The molecule has 166 valence electrons. The average molecular weight is 490 g/mol. The van der Waals surface area contributed by atoms with E-state index in [0.29, 0.717) is 22.6 Å². The number of amides is 1. The van der Waals surface area contributed by atoms with E-state index in [1.165, 1.54) is 6.20 Å². The summed E-state index contributed by atoms with van der Waals surface area (Å²) in [5, 5.41) is 21.2.